The van der Waals surface area contributed by atoms with E-state index >= 15 is 0 Å². The average molecular weight is 263 g/mol. The lowest BCUT2D eigenvalue weighted by Crippen LogP contribution is -2.22. The molecule has 2 rings (SSSR count). The van der Waals surface area contributed by atoms with E-state index in [4.69, 9.17) is 9.47 Å². The Morgan fingerprint density at radius 3 is 2.79 bits per heavy atom. The van der Waals surface area contributed by atoms with Crippen LogP contribution in [0.5, 0.6) is 5.75 Å². The summed E-state index contributed by atoms with van der Waals surface area (Å²) in [6, 6.07) is 5.66. The summed E-state index contributed by atoms with van der Waals surface area (Å²) in [4.78, 5) is 12.0. The molecule has 0 aromatic heterocycles. The van der Waals surface area contributed by atoms with Gasteiger partial charge in [-0.05, 0) is 49.4 Å². The van der Waals surface area contributed by atoms with Crippen molar-refractivity contribution in [3.05, 3.63) is 23.8 Å². The van der Waals surface area contributed by atoms with Crippen LogP contribution in [0.2, 0.25) is 0 Å². The first-order chi connectivity index (χ1) is 9.19. The molecule has 1 heterocycles. The summed E-state index contributed by atoms with van der Waals surface area (Å²) in [5.41, 5.74) is 1.87. The summed E-state index contributed by atoms with van der Waals surface area (Å²) in [5.74, 6) is 1.34. The van der Waals surface area contributed by atoms with Gasteiger partial charge in [0.05, 0.1) is 7.11 Å². The number of hydrogen-bond acceptors (Lipinski definition) is 3. The maximum absolute atomic E-state index is 12.0. The van der Waals surface area contributed by atoms with Crippen molar-refractivity contribution in [1.29, 1.82) is 0 Å². The second-order valence-electron chi connectivity index (χ2n) is 4.99. The van der Waals surface area contributed by atoms with Gasteiger partial charge in [0.25, 0.3) is 0 Å². The van der Waals surface area contributed by atoms with E-state index in [0.29, 0.717) is 12.3 Å². The highest BCUT2D eigenvalue weighted by molar-refractivity contribution is 5.91. The molecule has 1 saturated heterocycles. The molecule has 4 heteroatoms. The number of benzene rings is 1. The number of anilines is 1. The molecule has 1 aliphatic rings. The van der Waals surface area contributed by atoms with Crippen LogP contribution in [0.15, 0.2) is 18.2 Å². The number of hydrogen-bond donors (Lipinski definition) is 1. The highest BCUT2D eigenvalue weighted by Gasteiger charge is 2.17. The molecule has 104 valence electrons. The zero-order valence-electron chi connectivity index (χ0n) is 11.6. The van der Waals surface area contributed by atoms with E-state index in [-0.39, 0.29) is 5.91 Å². The van der Waals surface area contributed by atoms with Crippen molar-refractivity contribution in [3.63, 3.8) is 0 Å². The monoisotopic (exact) mass is 263 g/mol. The quantitative estimate of drug-likeness (QED) is 0.908. The standard InChI is InChI=1S/C15H21NO3/c1-11-9-13(18-2)3-4-14(11)16-15(17)10-12-5-7-19-8-6-12/h3-4,9,12H,5-8,10H2,1-2H3,(H,16,17). The van der Waals surface area contributed by atoms with Gasteiger partial charge in [-0.15, -0.1) is 0 Å². The Morgan fingerprint density at radius 2 is 2.16 bits per heavy atom. The smallest absolute Gasteiger partial charge is 0.224 e. The first kappa shape index (κ1) is 13.9. The molecule has 1 amide bonds. The third kappa shape index (κ3) is 3.96. The first-order valence-electron chi connectivity index (χ1n) is 6.71. The predicted molar refractivity (Wildman–Crippen MR) is 74.5 cm³/mol. The molecule has 1 N–H and O–H groups in total. The van der Waals surface area contributed by atoms with Crippen LogP contribution in [0.1, 0.15) is 24.8 Å². The van der Waals surface area contributed by atoms with Crippen LogP contribution in [-0.4, -0.2) is 26.2 Å². The lowest BCUT2D eigenvalue weighted by atomic mass is 9.96. The third-order valence-corrected chi connectivity index (χ3v) is 3.52. The number of amides is 1. The molecule has 1 aromatic rings. The second-order valence-corrected chi connectivity index (χ2v) is 4.99. The van der Waals surface area contributed by atoms with Crippen molar-refractivity contribution < 1.29 is 14.3 Å². The van der Waals surface area contributed by atoms with Gasteiger partial charge in [0.2, 0.25) is 5.91 Å². The molecule has 0 spiro atoms. The van der Waals surface area contributed by atoms with Gasteiger partial charge < -0.3 is 14.8 Å². The van der Waals surface area contributed by atoms with Crippen LogP contribution in [0.4, 0.5) is 5.69 Å². The number of aryl methyl sites for hydroxylation is 1. The fourth-order valence-corrected chi connectivity index (χ4v) is 2.32. The van der Waals surface area contributed by atoms with Gasteiger partial charge in [0, 0.05) is 25.3 Å². The Hall–Kier alpha value is -1.55. The molecule has 0 aliphatic carbocycles. The zero-order chi connectivity index (χ0) is 13.7. The van der Waals surface area contributed by atoms with Gasteiger partial charge in [-0.2, -0.15) is 0 Å². The van der Waals surface area contributed by atoms with E-state index in [1.165, 1.54) is 0 Å². The summed E-state index contributed by atoms with van der Waals surface area (Å²) in [6.45, 7) is 3.52. The molecule has 1 fully saturated rings. The number of ether oxygens (including phenoxy) is 2. The summed E-state index contributed by atoms with van der Waals surface area (Å²) in [5, 5.41) is 2.97. The molecule has 1 aromatic carbocycles. The van der Waals surface area contributed by atoms with Gasteiger partial charge in [0.1, 0.15) is 5.75 Å². The Balaban J connectivity index is 1.91. The summed E-state index contributed by atoms with van der Waals surface area (Å²) >= 11 is 0. The first-order valence-corrected chi connectivity index (χ1v) is 6.71. The van der Waals surface area contributed by atoms with E-state index in [1.807, 2.05) is 25.1 Å². The van der Waals surface area contributed by atoms with E-state index in [0.717, 1.165) is 43.1 Å². The lowest BCUT2D eigenvalue weighted by Gasteiger charge is -2.21. The number of rotatable bonds is 4. The molecule has 0 saturated carbocycles. The molecule has 0 bridgehead atoms. The average Bonchev–Trinajstić information content (AvgIpc) is 2.42. The molecule has 4 nitrogen and oxygen atoms in total. The predicted octanol–water partition coefficient (Wildman–Crippen LogP) is 2.76. The van der Waals surface area contributed by atoms with E-state index in [9.17, 15) is 4.79 Å². The normalized spacial score (nSPS) is 16.1. The Morgan fingerprint density at radius 1 is 1.42 bits per heavy atom. The molecule has 1 aliphatic heterocycles. The van der Waals surface area contributed by atoms with Crippen molar-refractivity contribution in [2.75, 3.05) is 25.6 Å². The van der Waals surface area contributed by atoms with Gasteiger partial charge in [-0.1, -0.05) is 0 Å². The molecular formula is C15H21NO3. The Bertz CT molecular complexity index is 439. The minimum absolute atomic E-state index is 0.0835. The number of carbonyl (C=O) groups excluding carboxylic acids is 1. The van der Waals surface area contributed by atoms with Crippen LogP contribution < -0.4 is 10.1 Å². The number of carbonyl (C=O) groups is 1. The van der Waals surface area contributed by atoms with Crippen molar-refractivity contribution in [3.8, 4) is 5.75 Å². The van der Waals surface area contributed by atoms with Gasteiger partial charge >= 0.3 is 0 Å². The molecule has 0 unspecified atom stereocenters. The zero-order valence-corrected chi connectivity index (χ0v) is 11.6. The maximum Gasteiger partial charge on any atom is 0.224 e. The van der Waals surface area contributed by atoms with Gasteiger partial charge in [-0.25, -0.2) is 0 Å². The van der Waals surface area contributed by atoms with Gasteiger partial charge in [0.15, 0.2) is 0 Å². The fourth-order valence-electron chi connectivity index (χ4n) is 2.32. The summed E-state index contributed by atoms with van der Waals surface area (Å²) in [7, 11) is 1.64. The van der Waals surface area contributed by atoms with Crippen LogP contribution >= 0.6 is 0 Å². The Labute approximate surface area is 114 Å². The molecular weight excluding hydrogens is 242 g/mol. The van der Waals surface area contributed by atoms with Crippen LogP contribution in [0.3, 0.4) is 0 Å². The van der Waals surface area contributed by atoms with Gasteiger partial charge in [-0.3, -0.25) is 4.79 Å². The van der Waals surface area contributed by atoms with E-state index in [2.05, 4.69) is 5.32 Å². The van der Waals surface area contributed by atoms with Crippen molar-refractivity contribution in [2.24, 2.45) is 5.92 Å². The molecule has 0 atom stereocenters. The van der Waals surface area contributed by atoms with Crippen LogP contribution in [0.25, 0.3) is 0 Å². The SMILES string of the molecule is COc1ccc(NC(=O)CC2CCOCC2)c(C)c1. The van der Waals surface area contributed by atoms with E-state index in [1.54, 1.807) is 7.11 Å². The minimum Gasteiger partial charge on any atom is -0.497 e. The molecule has 0 radical (unpaired) electrons. The second kappa shape index (κ2) is 6.57. The minimum atomic E-state index is 0.0835. The lowest BCUT2D eigenvalue weighted by molar-refractivity contribution is -0.117. The van der Waals surface area contributed by atoms with E-state index < -0.39 is 0 Å². The largest absolute Gasteiger partial charge is 0.497 e. The van der Waals surface area contributed by atoms with Crippen molar-refractivity contribution >= 4 is 11.6 Å². The Kier molecular flexibility index (Phi) is 4.80. The highest BCUT2D eigenvalue weighted by Crippen LogP contribution is 2.23. The third-order valence-electron chi connectivity index (χ3n) is 3.52. The summed E-state index contributed by atoms with van der Waals surface area (Å²) in [6.07, 6.45) is 2.54. The van der Waals surface area contributed by atoms with Crippen molar-refractivity contribution in [2.45, 2.75) is 26.2 Å². The molecule has 19 heavy (non-hydrogen) atoms. The highest BCUT2D eigenvalue weighted by atomic mass is 16.5. The number of nitrogens with one attached hydrogen (secondary N) is 1. The van der Waals surface area contributed by atoms with Crippen LogP contribution in [-0.2, 0) is 9.53 Å². The maximum atomic E-state index is 12.0. The summed E-state index contributed by atoms with van der Waals surface area (Å²) < 4.78 is 10.4. The number of methoxy groups -OCH3 is 1. The van der Waals surface area contributed by atoms with Crippen LogP contribution in [0, 0.1) is 12.8 Å². The van der Waals surface area contributed by atoms with Crippen molar-refractivity contribution in [1.82, 2.24) is 0 Å². The fraction of sp³-hybridized carbons (Fsp3) is 0.533. The topological polar surface area (TPSA) is 47.6 Å².